The topological polar surface area (TPSA) is 75.6 Å². The Morgan fingerprint density at radius 3 is 2.70 bits per heavy atom. The Labute approximate surface area is 162 Å². The minimum Gasteiger partial charge on any atom is -0.462 e. The maximum absolute atomic E-state index is 12.9. The molecule has 1 unspecified atom stereocenters. The van der Waals surface area contributed by atoms with Crippen LogP contribution in [0.4, 0.5) is 4.39 Å². The van der Waals surface area contributed by atoms with Crippen LogP contribution in [0.15, 0.2) is 29.3 Å². The first kappa shape index (κ1) is 20.8. The van der Waals surface area contributed by atoms with E-state index in [9.17, 15) is 9.18 Å². The zero-order chi connectivity index (χ0) is 19.8. The number of hydrogen-bond acceptors (Lipinski definition) is 5. The summed E-state index contributed by atoms with van der Waals surface area (Å²) in [5.74, 6) is 0.0573. The molecule has 0 amide bonds. The SMILES string of the molecule is CCOC(=O)c1sc(C(C)NC(=NC)NCCc2ccc(F)cc2)nc1C. The van der Waals surface area contributed by atoms with Crippen LogP contribution in [0.1, 0.15) is 45.8 Å². The van der Waals surface area contributed by atoms with Crippen LogP contribution < -0.4 is 10.6 Å². The van der Waals surface area contributed by atoms with Gasteiger partial charge in [-0.2, -0.15) is 0 Å². The molecule has 8 heteroatoms. The monoisotopic (exact) mass is 392 g/mol. The predicted octanol–water partition coefficient (Wildman–Crippen LogP) is 3.24. The first-order valence-electron chi connectivity index (χ1n) is 8.80. The second-order valence-corrected chi connectivity index (χ2v) is 6.96. The van der Waals surface area contributed by atoms with Crippen LogP contribution in [-0.2, 0) is 11.2 Å². The number of thiazole rings is 1. The fourth-order valence-electron chi connectivity index (χ4n) is 2.43. The van der Waals surface area contributed by atoms with Gasteiger partial charge in [-0.05, 0) is 44.9 Å². The van der Waals surface area contributed by atoms with Crippen molar-refractivity contribution in [2.24, 2.45) is 4.99 Å². The number of carbonyl (C=O) groups excluding carboxylic acids is 1. The molecule has 2 rings (SSSR count). The molecule has 0 saturated heterocycles. The Balaban J connectivity index is 1.90. The summed E-state index contributed by atoms with van der Waals surface area (Å²) in [5, 5.41) is 7.28. The molecular weight excluding hydrogens is 367 g/mol. The number of aliphatic imine (C=N–C) groups is 1. The number of guanidine groups is 1. The van der Waals surface area contributed by atoms with E-state index in [-0.39, 0.29) is 17.8 Å². The number of hydrogen-bond donors (Lipinski definition) is 2. The molecule has 0 spiro atoms. The highest BCUT2D eigenvalue weighted by molar-refractivity contribution is 7.13. The molecule has 1 aromatic heterocycles. The summed E-state index contributed by atoms with van der Waals surface area (Å²) < 4.78 is 18.0. The van der Waals surface area contributed by atoms with Gasteiger partial charge in [0.1, 0.15) is 15.7 Å². The minimum atomic E-state index is -0.340. The van der Waals surface area contributed by atoms with Gasteiger partial charge in [0.15, 0.2) is 5.96 Å². The van der Waals surface area contributed by atoms with E-state index in [4.69, 9.17) is 4.74 Å². The lowest BCUT2D eigenvalue weighted by Gasteiger charge is -2.16. The molecule has 2 aromatic rings. The lowest BCUT2D eigenvalue weighted by molar-refractivity contribution is 0.0531. The first-order valence-corrected chi connectivity index (χ1v) is 9.62. The Morgan fingerprint density at radius 1 is 1.37 bits per heavy atom. The second-order valence-electron chi connectivity index (χ2n) is 5.93. The maximum Gasteiger partial charge on any atom is 0.350 e. The molecule has 1 atom stereocenters. The van der Waals surface area contributed by atoms with Gasteiger partial charge in [-0.25, -0.2) is 14.2 Å². The molecule has 0 radical (unpaired) electrons. The van der Waals surface area contributed by atoms with E-state index in [1.165, 1.54) is 23.5 Å². The quantitative estimate of drug-likeness (QED) is 0.430. The van der Waals surface area contributed by atoms with E-state index < -0.39 is 0 Å². The van der Waals surface area contributed by atoms with Gasteiger partial charge in [0.2, 0.25) is 0 Å². The Morgan fingerprint density at radius 2 is 2.07 bits per heavy atom. The zero-order valence-corrected chi connectivity index (χ0v) is 16.8. The first-order chi connectivity index (χ1) is 12.9. The summed E-state index contributed by atoms with van der Waals surface area (Å²) in [6.45, 7) is 6.53. The van der Waals surface area contributed by atoms with Crippen LogP contribution in [0, 0.1) is 12.7 Å². The highest BCUT2D eigenvalue weighted by atomic mass is 32.1. The predicted molar refractivity (Wildman–Crippen MR) is 106 cm³/mol. The van der Waals surface area contributed by atoms with Crippen LogP contribution in [0.3, 0.4) is 0 Å². The molecule has 0 aliphatic rings. The zero-order valence-electron chi connectivity index (χ0n) is 16.0. The molecule has 6 nitrogen and oxygen atoms in total. The van der Waals surface area contributed by atoms with Crippen LogP contribution in [0.5, 0.6) is 0 Å². The Bertz CT molecular complexity index is 790. The highest BCUT2D eigenvalue weighted by Crippen LogP contribution is 2.24. The number of nitrogens with one attached hydrogen (secondary N) is 2. The van der Waals surface area contributed by atoms with Crippen molar-refractivity contribution in [2.45, 2.75) is 33.2 Å². The van der Waals surface area contributed by atoms with Crippen molar-refractivity contribution in [1.29, 1.82) is 0 Å². The molecule has 0 saturated carbocycles. The fourth-order valence-corrected chi connectivity index (χ4v) is 3.39. The van der Waals surface area contributed by atoms with Gasteiger partial charge >= 0.3 is 5.97 Å². The van der Waals surface area contributed by atoms with E-state index in [1.807, 2.05) is 6.92 Å². The van der Waals surface area contributed by atoms with Crippen molar-refractivity contribution in [1.82, 2.24) is 15.6 Å². The molecule has 0 fully saturated rings. The maximum atomic E-state index is 12.9. The largest absolute Gasteiger partial charge is 0.462 e. The average Bonchev–Trinajstić information content (AvgIpc) is 3.04. The fraction of sp³-hybridized carbons (Fsp3) is 0.421. The van der Waals surface area contributed by atoms with E-state index >= 15 is 0 Å². The van der Waals surface area contributed by atoms with Gasteiger partial charge in [-0.1, -0.05) is 12.1 Å². The van der Waals surface area contributed by atoms with Gasteiger partial charge in [0.05, 0.1) is 18.3 Å². The Hall–Kier alpha value is -2.48. The van der Waals surface area contributed by atoms with Crippen LogP contribution in [0.25, 0.3) is 0 Å². The van der Waals surface area contributed by atoms with Gasteiger partial charge < -0.3 is 15.4 Å². The number of aryl methyl sites for hydroxylation is 1. The second kappa shape index (κ2) is 10.0. The van der Waals surface area contributed by atoms with Gasteiger partial charge in [0.25, 0.3) is 0 Å². The summed E-state index contributed by atoms with van der Waals surface area (Å²) in [7, 11) is 1.69. The molecule has 1 heterocycles. The van der Waals surface area contributed by atoms with Crippen LogP contribution in [0.2, 0.25) is 0 Å². The third kappa shape index (κ3) is 6.02. The number of rotatable bonds is 7. The highest BCUT2D eigenvalue weighted by Gasteiger charge is 2.20. The van der Waals surface area contributed by atoms with Crippen molar-refractivity contribution in [3.8, 4) is 0 Å². The molecular formula is C19H25FN4O2S. The van der Waals surface area contributed by atoms with Crippen LogP contribution >= 0.6 is 11.3 Å². The number of nitrogens with zero attached hydrogens (tertiary/aromatic N) is 2. The number of ether oxygens (including phenoxy) is 1. The number of aromatic nitrogens is 1. The molecule has 0 aliphatic heterocycles. The lowest BCUT2D eigenvalue weighted by Crippen LogP contribution is -2.39. The Kier molecular flexibility index (Phi) is 7.72. The van der Waals surface area contributed by atoms with E-state index in [0.717, 1.165) is 17.0 Å². The number of esters is 1. The normalized spacial score (nSPS) is 12.6. The minimum absolute atomic E-state index is 0.117. The molecule has 2 N–H and O–H groups in total. The number of carbonyl (C=O) groups is 1. The van der Waals surface area contributed by atoms with Gasteiger partial charge in [-0.15, -0.1) is 11.3 Å². The van der Waals surface area contributed by atoms with Crippen molar-refractivity contribution < 1.29 is 13.9 Å². The molecule has 0 bridgehead atoms. The third-order valence-corrected chi connectivity index (χ3v) is 5.16. The van der Waals surface area contributed by atoms with Gasteiger partial charge in [-0.3, -0.25) is 4.99 Å². The van der Waals surface area contributed by atoms with Crippen molar-refractivity contribution in [3.63, 3.8) is 0 Å². The third-order valence-electron chi connectivity index (χ3n) is 3.84. The van der Waals surface area contributed by atoms with Crippen molar-refractivity contribution >= 4 is 23.3 Å². The average molecular weight is 393 g/mol. The summed E-state index contributed by atoms with van der Waals surface area (Å²) in [4.78, 5) is 21.2. The summed E-state index contributed by atoms with van der Waals surface area (Å²) in [5.41, 5.74) is 1.71. The summed E-state index contributed by atoms with van der Waals surface area (Å²) >= 11 is 1.32. The standard InChI is InChI=1S/C19H25FN4O2S/c1-5-26-18(25)16-12(2)23-17(27-16)13(3)24-19(21-4)22-11-10-14-6-8-15(20)9-7-14/h6-9,13H,5,10-11H2,1-4H3,(H2,21,22,24). The van der Waals surface area contributed by atoms with E-state index in [2.05, 4.69) is 20.6 Å². The molecule has 0 aliphatic carbocycles. The number of halogens is 1. The van der Waals surface area contributed by atoms with Crippen molar-refractivity contribution in [2.75, 3.05) is 20.2 Å². The molecule has 27 heavy (non-hydrogen) atoms. The summed E-state index contributed by atoms with van der Waals surface area (Å²) in [6, 6.07) is 6.33. The summed E-state index contributed by atoms with van der Waals surface area (Å²) in [6.07, 6.45) is 0.749. The molecule has 1 aromatic carbocycles. The van der Waals surface area contributed by atoms with Gasteiger partial charge in [0, 0.05) is 13.6 Å². The van der Waals surface area contributed by atoms with Crippen LogP contribution in [-0.4, -0.2) is 37.1 Å². The van der Waals surface area contributed by atoms with Crippen molar-refractivity contribution in [3.05, 3.63) is 51.2 Å². The van der Waals surface area contributed by atoms with E-state index in [1.54, 1.807) is 33.0 Å². The smallest absolute Gasteiger partial charge is 0.350 e. The number of benzene rings is 1. The molecule has 146 valence electrons. The lowest BCUT2D eigenvalue weighted by atomic mass is 10.1. The van der Waals surface area contributed by atoms with E-state index in [0.29, 0.717) is 29.7 Å².